The first-order valence-corrected chi connectivity index (χ1v) is 13.0. The van der Waals surface area contributed by atoms with Crippen LogP contribution in [-0.2, 0) is 6.42 Å². The van der Waals surface area contributed by atoms with Crippen molar-refractivity contribution in [2.24, 2.45) is 5.73 Å². The fourth-order valence-corrected chi connectivity index (χ4v) is 4.79. The normalized spacial score (nSPS) is 12.1. The van der Waals surface area contributed by atoms with E-state index in [1.54, 1.807) is 0 Å². The third-order valence-electron chi connectivity index (χ3n) is 6.57. The van der Waals surface area contributed by atoms with Gasteiger partial charge in [0.2, 0.25) is 0 Å². The molecule has 0 bridgehead atoms. The summed E-state index contributed by atoms with van der Waals surface area (Å²) in [6, 6.07) is 13.5. The molecule has 0 heterocycles. The first kappa shape index (κ1) is 28.0. The van der Waals surface area contributed by atoms with Crippen LogP contribution in [0.3, 0.4) is 0 Å². The van der Waals surface area contributed by atoms with Gasteiger partial charge in [-0.25, -0.2) is 0 Å². The van der Waals surface area contributed by atoms with Crippen molar-refractivity contribution in [3.8, 4) is 0 Å². The molecular formula is C29H48ClN. The molecule has 0 radical (unpaired) electrons. The lowest BCUT2D eigenvalue weighted by Gasteiger charge is -2.19. The smallest absolute Gasteiger partial charge is 0.0303 e. The minimum absolute atomic E-state index is 0. The summed E-state index contributed by atoms with van der Waals surface area (Å²) in [5, 5.41) is 2.69. The van der Waals surface area contributed by atoms with Crippen LogP contribution in [0.1, 0.15) is 127 Å². The number of aryl methyl sites for hydroxylation is 1. The lowest BCUT2D eigenvalue weighted by Crippen LogP contribution is -2.13. The van der Waals surface area contributed by atoms with Gasteiger partial charge in [-0.2, -0.15) is 0 Å². The summed E-state index contributed by atoms with van der Waals surface area (Å²) in [4.78, 5) is 0. The van der Waals surface area contributed by atoms with Gasteiger partial charge in [-0.15, -0.1) is 12.4 Å². The Kier molecular flexibility index (Phi) is 15.8. The predicted octanol–water partition coefficient (Wildman–Crippen LogP) is 9.70. The molecule has 2 aromatic carbocycles. The molecule has 0 fully saturated rings. The first-order chi connectivity index (χ1) is 14.8. The van der Waals surface area contributed by atoms with Gasteiger partial charge >= 0.3 is 0 Å². The Hall–Kier alpha value is -1.05. The van der Waals surface area contributed by atoms with Gasteiger partial charge in [0.05, 0.1) is 0 Å². The van der Waals surface area contributed by atoms with Crippen LogP contribution in [0.2, 0.25) is 0 Å². The number of unbranched alkanes of at least 4 members (excludes halogenated alkanes) is 12. The molecule has 1 atom stereocenters. The highest BCUT2D eigenvalue weighted by atomic mass is 35.5. The van der Waals surface area contributed by atoms with Crippen molar-refractivity contribution < 1.29 is 0 Å². The van der Waals surface area contributed by atoms with E-state index in [2.05, 4.69) is 50.2 Å². The van der Waals surface area contributed by atoms with Gasteiger partial charge in [-0.05, 0) is 34.7 Å². The van der Waals surface area contributed by atoms with Crippen LogP contribution in [0.25, 0.3) is 10.8 Å². The fraction of sp³-hybridized carbons (Fsp3) is 0.655. The average molecular weight is 446 g/mol. The summed E-state index contributed by atoms with van der Waals surface area (Å²) < 4.78 is 0. The van der Waals surface area contributed by atoms with E-state index >= 15 is 0 Å². The van der Waals surface area contributed by atoms with Crippen molar-refractivity contribution in [3.05, 3.63) is 47.5 Å². The van der Waals surface area contributed by atoms with Crippen molar-refractivity contribution >= 4 is 23.2 Å². The van der Waals surface area contributed by atoms with E-state index in [4.69, 9.17) is 5.73 Å². The third kappa shape index (κ3) is 10.4. The summed E-state index contributed by atoms with van der Waals surface area (Å²) >= 11 is 0. The maximum atomic E-state index is 6.73. The summed E-state index contributed by atoms with van der Waals surface area (Å²) in [6.07, 6.45) is 21.7. The monoisotopic (exact) mass is 445 g/mol. The first-order valence-electron chi connectivity index (χ1n) is 13.0. The Morgan fingerprint density at radius 1 is 0.645 bits per heavy atom. The zero-order valence-electron chi connectivity index (χ0n) is 20.3. The maximum absolute atomic E-state index is 6.73. The number of hydrogen-bond donors (Lipinski definition) is 1. The van der Waals surface area contributed by atoms with E-state index in [0.29, 0.717) is 0 Å². The minimum atomic E-state index is 0. The third-order valence-corrected chi connectivity index (χ3v) is 6.57. The Balaban J connectivity index is 0.00000480. The van der Waals surface area contributed by atoms with Crippen molar-refractivity contribution in [2.75, 3.05) is 0 Å². The van der Waals surface area contributed by atoms with Gasteiger partial charge in [-0.3, -0.25) is 0 Å². The van der Waals surface area contributed by atoms with E-state index in [1.807, 2.05) is 0 Å². The van der Waals surface area contributed by atoms with Crippen molar-refractivity contribution in [3.63, 3.8) is 0 Å². The molecule has 1 unspecified atom stereocenters. The van der Waals surface area contributed by atoms with Crippen LogP contribution in [0.5, 0.6) is 0 Å². The highest BCUT2D eigenvalue weighted by molar-refractivity contribution is 5.87. The lowest BCUT2D eigenvalue weighted by atomic mass is 9.89. The molecule has 2 heteroatoms. The second-order valence-corrected chi connectivity index (χ2v) is 9.25. The van der Waals surface area contributed by atoms with Crippen molar-refractivity contribution in [2.45, 2.75) is 123 Å². The fourth-order valence-electron chi connectivity index (χ4n) is 4.79. The van der Waals surface area contributed by atoms with E-state index in [0.717, 1.165) is 12.8 Å². The average Bonchev–Trinajstić information content (AvgIpc) is 2.77. The van der Waals surface area contributed by atoms with Gasteiger partial charge < -0.3 is 5.73 Å². The molecule has 0 aliphatic rings. The number of benzene rings is 2. The van der Waals surface area contributed by atoms with Crippen LogP contribution in [0.15, 0.2) is 36.4 Å². The number of halogens is 1. The molecule has 0 aliphatic heterocycles. The van der Waals surface area contributed by atoms with E-state index in [1.165, 1.54) is 112 Å². The molecule has 0 aliphatic carbocycles. The van der Waals surface area contributed by atoms with Gasteiger partial charge in [0.15, 0.2) is 0 Å². The topological polar surface area (TPSA) is 26.0 Å². The summed E-state index contributed by atoms with van der Waals surface area (Å²) in [7, 11) is 0. The highest BCUT2D eigenvalue weighted by Gasteiger charge is 2.14. The molecule has 176 valence electrons. The standard InChI is InChI=1S/C29H47N.ClH/c1-3-5-6-7-8-9-10-11-12-13-14-15-16-22-28(30)29-26(19-4-2)24-23-25-20-17-18-21-27(25)29;/h17-18,20-21,23-24,28H,3-16,19,22,30H2,1-2H3;1H. The van der Waals surface area contributed by atoms with E-state index in [9.17, 15) is 0 Å². The predicted molar refractivity (Wildman–Crippen MR) is 142 cm³/mol. The number of fused-ring (bicyclic) bond motifs is 1. The largest absolute Gasteiger partial charge is 0.324 e. The van der Waals surface area contributed by atoms with Gasteiger partial charge in [0, 0.05) is 6.04 Å². The molecule has 0 aromatic heterocycles. The second-order valence-electron chi connectivity index (χ2n) is 9.25. The van der Waals surface area contributed by atoms with Crippen molar-refractivity contribution in [1.82, 2.24) is 0 Å². The molecule has 31 heavy (non-hydrogen) atoms. The van der Waals surface area contributed by atoms with Crippen LogP contribution in [-0.4, -0.2) is 0 Å². The Morgan fingerprint density at radius 2 is 1.19 bits per heavy atom. The second kappa shape index (κ2) is 17.5. The zero-order chi connectivity index (χ0) is 21.4. The van der Waals surface area contributed by atoms with Crippen LogP contribution in [0.4, 0.5) is 0 Å². The van der Waals surface area contributed by atoms with Crippen molar-refractivity contribution in [1.29, 1.82) is 0 Å². The number of hydrogen-bond acceptors (Lipinski definition) is 1. The summed E-state index contributed by atoms with van der Waals surface area (Å²) in [5.41, 5.74) is 9.60. The zero-order valence-corrected chi connectivity index (χ0v) is 21.2. The summed E-state index contributed by atoms with van der Waals surface area (Å²) in [5.74, 6) is 0. The van der Waals surface area contributed by atoms with E-state index in [-0.39, 0.29) is 18.4 Å². The van der Waals surface area contributed by atoms with Crippen LogP contribution in [0, 0.1) is 0 Å². The Labute approximate surface area is 199 Å². The molecular weight excluding hydrogens is 398 g/mol. The Bertz CT molecular complexity index is 696. The maximum Gasteiger partial charge on any atom is 0.0303 e. The lowest BCUT2D eigenvalue weighted by molar-refractivity contribution is 0.522. The molecule has 0 saturated carbocycles. The molecule has 0 saturated heterocycles. The molecule has 1 nitrogen and oxygen atoms in total. The molecule has 2 rings (SSSR count). The Morgan fingerprint density at radius 3 is 1.77 bits per heavy atom. The minimum Gasteiger partial charge on any atom is -0.324 e. The molecule has 2 N–H and O–H groups in total. The van der Waals surface area contributed by atoms with Gasteiger partial charge in [0.1, 0.15) is 0 Å². The molecule has 2 aromatic rings. The molecule has 0 amide bonds. The van der Waals surface area contributed by atoms with Gasteiger partial charge in [0.25, 0.3) is 0 Å². The number of nitrogens with two attached hydrogens (primary N) is 1. The van der Waals surface area contributed by atoms with Crippen LogP contribution >= 0.6 is 12.4 Å². The highest BCUT2D eigenvalue weighted by Crippen LogP contribution is 2.30. The SMILES string of the molecule is CCCCCCCCCCCCCCCC(N)c1c(CCC)ccc2ccccc12.Cl. The quantitative estimate of drug-likeness (QED) is 0.241. The van der Waals surface area contributed by atoms with E-state index < -0.39 is 0 Å². The van der Waals surface area contributed by atoms with Gasteiger partial charge in [-0.1, -0.05) is 140 Å². The van der Waals surface area contributed by atoms with Crippen LogP contribution < -0.4 is 5.73 Å². The number of rotatable bonds is 17. The molecule has 0 spiro atoms. The summed E-state index contributed by atoms with van der Waals surface area (Å²) in [6.45, 7) is 4.55.